The molecule has 1 aliphatic rings. The van der Waals surface area contributed by atoms with Gasteiger partial charge in [0.1, 0.15) is 0 Å². The van der Waals surface area contributed by atoms with Crippen LogP contribution in [0.15, 0.2) is 36.1 Å². The summed E-state index contributed by atoms with van der Waals surface area (Å²) in [4.78, 5) is 11.5. The van der Waals surface area contributed by atoms with Crippen molar-refractivity contribution in [1.82, 2.24) is 10.8 Å². The smallest absolute Gasteiger partial charge is 0.256 e. The number of amides is 1. The van der Waals surface area contributed by atoms with Gasteiger partial charge < -0.3 is 5.32 Å². The number of allylic oxidation sites excluding steroid dienone is 3. The predicted molar refractivity (Wildman–Crippen MR) is 62.7 cm³/mol. The van der Waals surface area contributed by atoms with Crippen LogP contribution in [0.3, 0.4) is 0 Å². The van der Waals surface area contributed by atoms with Crippen molar-refractivity contribution in [1.29, 1.82) is 0 Å². The Balaban J connectivity index is 2.84. The zero-order valence-corrected chi connectivity index (χ0v) is 9.82. The van der Waals surface area contributed by atoms with Crippen molar-refractivity contribution < 1.29 is 10.0 Å². The third kappa shape index (κ3) is 2.97. The van der Waals surface area contributed by atoms with Gasteiger partial charge in [0, 0.05) is 11.7 Å². The van der Waals surface area contributed by atoms with E-state index in [1.165, 1.54) is 0 Å². The lowest BCUT2D eigenvalue weighted by molar-refractivity contribution is -0.134. The van der Waals surface area contributed by atoms with Gasteiger partial charge in [-0.05, 0) is 32.9 Å². The van der Waals surface area contributed by atoms with E-state index in [1.54, 1.807) is 30.6 Å². The van der Waals surface area contributed by atoms with Crippen LogP contribution in [-0.4, -0.2) is 17.2 Å². The standard InChI is InChI=1S/C12H18N2O2/c1-9(2)13-10-5-4-7-12(3,8-6-10)11(15)14-16/h4-9,13,16H,1-3H3,(H,14,15). The molecule has 4 heteroatoms. The summed E-state index contributed by atoms with van der Waals surface area (Å²) in [5.41, 5.74) is 1.80. The molecule has 3 N–H and O–H groups in total. The number of carbonyl (C=O) groups excluding carboxylic acids is 1. The third-order valence-corrected chi connectivity index (χ3v) is 2.37. The van der Waals surface area contributed by atoms with Gasteiger partial charge in [0.05, 0.1) is 5.41 Å². The van der Waals surface area contributed by atoms with Crippen LogP contribution in [0.5, 0.6) is 0 Å². The largest absolute Gasteiger partial charge is 0.383 e. The van der Waals surface area contributed by atoms with Gasteiger partial charge in [-0.2, -0.15) is 0 Å². The van der Waals surface area contributed by atoms with E-state index in [-0.39, 0.29) is 0 Å². The van der Waals surface area contributed by atoms with Gasteiger partial charge in [-0.25, -0.2) is 5.48 Å². The van der Waals surface area contributed by atoms with Crippen molar-refractivity contribution in [2.24, 2.45) is 5.41 Å². The Labute approximate surface area is 95.7 Å². The van der Waals surface area contributed by atoms with E-state index in [0.717, 1.165) is 5.70 Å². The van der Waals surface area contributed by atoms with Crippen LogP contribution < -0.4 is 10.8 Å². The van der Waals surface area contributed by atoms with E-state index in [4.69, 9.17) is 5.21 Å². The van der Waals surface area contributed by atoms with Gasteiger partial charge in [0.2, 0.25) is 0 Å². The van der Waals surface area contributed by atoms with Gasteiger partial charge in [-0.1, -0.05) is 18.2 Å². The second kappa shape index (κ2) is 4.99. The minimum atomic E-state index is -0.814. The van der Waals surface area contributed by atoms with E-state index in [0.29, 0.717) is 6.04 Å². The lowest BCUT2D eigenvalue weighted by Crippen LogP contribution is -2.34. The van der Waals surface area contributed by atoms with Gasteiger partial charge in [-0.15, -0.1) is 0 Å². The fraction of sp³-hybridized carbons (Fsp3) is 0.417. The lowest BCUT2D eigenvalue weighted by atomic mass is 9.89. The Hall–Kier alpha value is -1.55. The van der Waals surface area contributed by atoms with E-state index < -0.39 is 11.3 Å². The molecule has 1 rings (SSSR count). The maximum absolute atomic E-state index is 11.5. The predicted octanol–water partition coefficient (Wildman–Crippen LogP) is 1.51. The molecule has 0 spiro atoms. The van der Waals surface area contributed by atoms with Gasteiger partial charge in [0.15, 0.2) is 0 Å². The topological polar surface area (TPSA) is 61.4 Å². The number of hydrogen-bond acceptors (Lipinski definition) is 3. The highest BCUT2D eigenvalue weighted by Gasteiger charge is 2.27. The summed E-state index contributed by atoms with van der Waals surface area (Å²) in [5, 5.41) is 11.9. The minimum Gasteiger partial charge on any atom is -0.383 e. The van der Waals surface area contributed by atoms with Gasteiger partial charge in [-0.3, -0.25) is 10.0 Å². The highest BCUT2D eigenvalue weighted by atomic mass is 16.5. The molecule has 1 atom stereocenters. The Kier molecular flexibility index (Phi) is 3.90. The van der Waals surface area contributed by atoms with E-state index in [1.807, 2.05) is 26.0 Å². The second-order valence-corrected chi connectivity index (χ2v) is 4.34. The van der Waals surface area contributed by atoms with Crippen LogP contribution in [-0.2, 0) is 4.79 Å². The molecule has 1 aliphatic carbocycles. The molecular formula is C12H18N2O2. The van der Waals surface area contributed by atoms with Crippen LogP contribution in [0, 0.1) is 5.41 Å². The molecule has 1 unspecified atom stereocenters. The monoisotopic (exact) mass is 222 g/mol. The van der Waals surface area contributed by atoms with E-state index in [2.05, 4.69) is 5.32 Å². The van der Waals surface area contributed by atoms with Gasteiger partial charge in [0.25, 0.3) is 5.91 Å². The molecule has 0 aromatic carbocycles. The average Bonchev–Trinajstić information content (AvgIpc) is 2.40. The van der Waals surface area contributed by atoms with Crippen molar-refractivity contribution in [2.45, 2.75) is 26.8 Å². The van der Waals surface area contributed by atoms with E-state index >= 15 is 0 Å². The molecule has 1 amide bonds. The third-order valence-electron chi connectivity index (χ3n) is 2.37. The molecule has 0 aromatic heterocycles. The Morgan fingerprint density at radius 1 is 1.44 bits per heavy atom. The van der Waals surface area contributed by atoms with Crippen LogP contribution in [0.1, 0.15) is 20.8 Å². The molecule has 88 valence electrons. The maximum Gasteiger partial charge on any atom is 0.256 e. The van der Waals surface area contributed by atoms with Crippen molar-refractivity contribution in [2.75, 3.05) is 0 Å². The van der Waals surface area contributed by atoms with Crippen LogP contribution >= 0.6 is 0 Å². The summed E-state index contributed by atoms with van der Waals surface area (Å²) < 4.78 is 0. The number of rotatable bonds is 3. The molecule has 16 heavy (non-hydrogen) atoms. The average molecular weight is 222 g/mol. The Bertz CT molecular complexity index is 356. The molecule has 4 nitrogen and oxygen atoms in total. The van der Waals surface area contributed by atoms with Crippen LogP contribution in [0.4, 0.5) is 0 Å². The SMILES string of the molecule is CC(C)NC1=CC=CC(C)(C(=O)NO)C=C1. The summed E-state index contributed by atoms with van der Waals surface area (Å²) in [6, 6.07) is 0.334. The summed E-state index contributed by atoms with van der Waals surface area (Å²) in [7, 11) is 0. The van der Waals surface area contributed by atoms with Crippen molar-refractivity contribution >= 4 is 5.91 Å². The first-order valence-corrected chi connectivity index (χ1v) is 5.28. The van der Waals surface area contributed by atoms with Crippen LogP contribution in [0.25, 0.3) is 0 Å². The minimum absolute atomic E-state index is 0.334. The molecule has 0 fully saturated rings. The summed E-state index contributed by atoms with van der Waals surface area (Å²) >= 11 is 0. The van der Waals surface area contributed by atoms with Crippen molar-refractivity contribution in [3.05, 3.63) is 36.1 Å². The molecular weight excluding hydrogens is 204 g/mol. The quantitative estimate of drug-likeness (QED) is 0.501. The Morgan fingerprint density at radius 3 is 2.69 bits per heavy atom. The lowest BCUT2D eigenvalue weighted by Gasteiger charge is -2.18. The highest BCUT2D eigenvalue weighted by molar-refractivity contribution is 5.85. The zero-order valence-electron chi connectivity index (χ0n) is 9.82. The molecule has 0 saturated heterocycles. The number of carbonyl (C=O) groups is 1. The Morgan fingerprint density at radius 2 is 2.12 bits per heavy atom. The number of hydroxylamine groups is 1. The second-order valence-electron chi connectivity index (χ2n) is 4.34. The number of hydrogen-bond donors (Lipinski definition) is 3. The van der Waals surface area contributed by atoms with Crippen LogP contribution in [0.2, 0.25) is 0 Å². The fourth-order valence-electron chi connectivity index (χ4n) is 1.43. The molecule has 0 radical (unpaired) electrons. The van der Waals surface area contributed by atoms with Gasteiger partial charge >= 0.3 is 0 Å². The first-order valence-electron chi connectivity index (χ1n) is 5.28. The molecule has 0 aromatic rings. The highest BCUT2D eigenvalue weighted by Crippen LogP contribution is 2.23. The first-order chi connectivity index (χ1) is 7.48. The molecule has 0 bridgehead atoms. The number of nitrogens with one attached hydrogen (secondary N) is 2. The van der Waals surface area contributed by atoms with Crippen molar-refractivity contribution in [3.63, 3.8) is 0 Å². The maximum atomic E-state index is 11.5. The molecule has 0 aliphatic heterocycles. The van der Waals surface area contributed by atoms with E-state index in [9.17, 15) is 4.79 Å². The summed E-state index contributed by atoms with van der Waals surface area (Å²) in [6.07, 6.45) is 9.04. The normalized spacial score (nSPS) is 23.9. The molecule has 0 heterocycles. The van der Waals surface area contributed by atoms with Crippen molar-refractivity contribution in [3.8, 4) is 0 Å². The fourth-order valence-corrected chi connectivity index (χ4v) is 1.43. The summed E-state index contributed by atoms with van der Waals surface area (Å²) in [6.45, 7) is 5.82. The summed E-state index contributed by atoms with van der Waals surface area (Å²) in [5.74, 6) is -0.445. The zero-order chi connectivity index (χ0) is 12.2. The first kappa shape index (κ1) is 12.5. The molecule has 0 saturated carbocycles.